The monoisotopic (exact) mass is 388 g/mol. The molecule has 2 aromatic heterocycles. The van der Waals surface area contributed by atoms with Gasteiger partial charge in [-0.1, -0.05) is 29.4 Å². The maximum atomic E-state index is 12.4. The number of nitrogens with one attached hydrogen (secondary N) is 1. The van der Waals surface area contributed by atoms with E-state index in [2.05, 4.69) is 22.1 Å². The van der Waals surface area contributed by atoms with Gasteiger partial charge in [-0.25, -0.2) is 0 Å². The molecule has 1 N–H and O–H groups in total. The number of rotatable bonds is 7. The quantitative estimate of drug-likeness (QED) is 0.476. The van der Waals surface area contributed by atoms with Crippen molar-refractivity contribution in [2.75, 3.05) is 5.32 Å². The van der Waals surface area contributed by atoms with Crippen molar-refractivity contribution < 1.29 is 9.21 Å². The molecule has 6 nitrogen and oxygen atoms in total. The first-order chi connectivity index (χ1) is 12.6. The van der Waals surface area contributed by atoms with E-state index in [0.29, 0.717) is 34.0 Å². The van der Waals surface area contributed by atoms with Gasteiger partial charge in [0.2, 0.25) is 11.7 Å². The molecule has 26 heavy (non-hydrogen) atoms. The van der Waals surface area contributed by atoms with Crippen LogP contribution >= 0.6 is 23.4 Å². The van der Waals surface area contributed by atoms with Gasteiger partial charge in [-0.15, -0.1) is 16.8 Å². The molecular weight excluding hydrogens is 372 g/mol. The fourth-order valence-corrected chi connectivity index (χ4v) is 3.23. The Morgan fingerprint density at radius 1 is 1.38 bits per heavy atom. The highest BCUT2D eigenvalue weighted by atomic mass is 35.5. The zero-order valence-corrected chi connectivity index (χ0v) is 15.6. The molecule has 0 saturated carbocycles. The summed E-state index contributed by atoms with van der Waals surface area (Å²) >= 11 is 7.18. The highest BCUT2D eigenvalue weighted by molar-refractivity contribution is 8.00. The summed E-state index contributed by atoms with van der Waals surface area (Å²) in [5.74, 6) is 1.08. The topological polar surface area (TPSA) is 73.0 Å². The third-order valence-corrected chi connectivity index (χ3v) is 4.87. The van der Waals surface area contributed by atoms with Crippen LogP contribution in [0.25, 0.3) is 11.6 Å². The van der Waals surface area contributed by atoms with Crippen molar-refractivity contribution in [1.82, 2.24) is 14.8 Å². The molecule has 3 rings (SSSR count). The lowest BCUT2D eigenvalue weighted by Crippen LogP contribution is -2.22. The second kappa shape index (κ2) is 8.25. The molecule has 134 valence electrons. The maximum absolute atomic E-state index is 12.4. The maximum Gasteiger partial charge on any atom is 0.237 e. The van der Waals surface area contributed by atoms with Crippen molar-refractivity contribution in [3.63, 3.8) is 0 Å². The summed E-state index contributed by atoms with van der Waals surface area (Å²) in [5, 5.41) is 12.1. The van der Waals surface area contributed by atoms with Crippen LogP contribution in [0.4, 0.5) is 5.69 Å². The van der Waals surface area contributed by atoms with Crippen molar-refractivity contribution in [2.24, 2.45) is 0 Å². The van der Waals surface area contributed by atoms with E-state index >= 15 is 0 Å². The number of thioether (sulfide) groups is 1. The second-order valence-corrected chi connectivity index (χ2v) is 7.18. The minimum Gasteiger partial charge on any atom is -0.461 e. The predicted octanol–water partition coefficient (Wildman–Crippen LogP) is 4.50. The normalized spacial score (nSPS) is 11.9. The number of benzene rings is 1. The Balaban J connectivity index is 1.74. The van der Waals surface area contributed by atoms with Crippen LogP contribution in [0.3, 0.4) is 0 Å². The van der Waals surface area contributed by atoms with E-state index in [9.17, 15) is 4.79 Å². The van der Waals surface area contributed by atoms with Crippen molar-refractivity contribution >= 4 is 35.0 Å². The average Bonchev–Trinajstić information content (AvgIpc) is 3.28. The Morgan fingerprint density at radius 2 is 2.15 bits per heavy atom. The highest BCUT2D eigenvalue weighted by Crippen LogP contribution is 2.27. The lowest BCUT2D eigenvalue weighted by Gasteiger charge is -2.12. The molecule has 1 aromatic carbocycles. The molecule has 2 heterocycles. The van der Waals surface area contributed by atoms with E-state index in [1.807, 2.05) is 17.6 Å². The highest BCUT2D eigenvalue weighted by Gasteiger charge is 2.21. The molecule has 1 amide bonds. The van der Waals surface area contributed by atoms with Gasteiger partial charge in [0, 0.05) is 17.3 Å². The summed E-state index contributed by atoms with van der Waals surface area (Å²) in [6.45, 7) is 6.10. The van der Waals surface area contributed by atoms with E-state index in [0.717, 1.165) is 0 Å². The number of amides is 1. The van der Waals surface area contributed by atoms with E-state index in [1.165, 1.54) is 11.8 Å². The molecule has 0 spiro atoms. The number of hydrogen-bond acceptors (Lipinski definition) is 5. The Morgan fingerprint density at radius 3 is 2.81 bits per heavy atom. The van der Waals surface area contributed by atoms with Crippen LogP contribution in [0.2, 0.25) is 5.02 Å². The van der Waals surface area contributed by atoms with Crippen LogP contribution in [-0.2, 0) is 11.3 Å². The lowest BCUT2D eigenvalue weighted by molar-refractivity contribution is -0.115. The minimum atomic E-state index is -0.372. The van der Waals surface area contributed by atoms with Crippen LogP contribution < -0.4 is 5.32 Å². The molecule has 0 saturated heterocycles. The summed E-state index contributed by atoms with van der Waals surface area (Å²) in [6.07, 6.45) is 3.33. The molecule has 0 bridgehead atoms. The number of anilines is 1. The molecular formula is C18H17ClN4O2S. The van der Waals surface area contributed by atoms with Gasteiger partial charge in [0.05, 0.1) is 11.5 Å². The molecule has 1 atom stereocenters. The molecule has 0 aliphatic rings. The largest absolute Gasteiger partial charge is 0.461 e. The van der Waals surface area contributed by atoms with Crippen molar-refractivity contribution in [1.29, 1.82) is 0 Å². The lowest BCUT2D eigenvalue weighted by atomic mass is 10.3. The van der Waals surface area contributed by atoms with Gasteiger partial charge < -0.3 is 9.73 Å². The molecule has 8 heteroatoms. The third-order valence-electron chi connectivity index (χ3n) is 3.53. The Bertz CT molecular complexity index is 891. The van der Waals surface area contributed by atoms with Crippen LogP contribution in [0, 0.1) is 0 Å². The Kier molecular flexibility index (Phi) is 5.80. The molecule has 3 aromatic rings. The van der Waals surface area contributed by atoms with Gasteiger partial charge in [0.25, 0.3) is 0 Å². The van der Waals surface area contributed by atoms with Crippen molar-refractivity contribution in [2.45, 2.75) is 23.9 Å². The third kappa shape index (κ3) is 4.17. The number of furan rings is 1. The minimum absolute atomic E-state index is 0.134. The molecule has 0 fully saturated rings. The zero-order chi connectivity index (χ0) is 18.5. The number of carbonyl (C=O) groups excluding carboxylic acids is 1. The summed E-state index contributed by atoms with van der Waals surface area (Å²) in [5.41, 5.74) is 0.690. The first kappa shape index (κ1) is 18.3. The second-order valence-electron chi connectivity index (χ2n) is 5.44. The van der Waals surface area contributed by atoms with Crippen molar-refractivity contribution in [3.8, 4) is 11.6 Å². The van der Waals surface area contributed by atoms with Crippen LogP contribution in [0.15, 0.2) is 64.9 Å². The number of aromatic nitrogens is 3. The zero-order valence-electron chi connectivity index (χ0n) is 14.1. The van der Waals surface area contributed by atoms with Crippen LogP contribution in [0.5, 0.6) is 0 Å². The Hall–Kier alpha value is -2.51. The number of carbonyl (C=O) groups is 1. The smallest absolute Gasteiger partial charge is 0.237 e. The van der Waals surface area contributed by atoms with E-state index in [1.54, 1.807) is 42.7 Å². The molecule has 0 radical (unpaired) electrons. The van der Waals surface area contributed by atoms with Gasteiger partial charge in [0.1, 0.15) is 0 Å². The predicted molar refractivity (Wildman–Crippen MR) is 103 cm³/mol. The summed E-state index contributed by atoms with van der Waals surface area (Å²) < 4.78 is 7.27. The van der Waals surface area contributed by atoms with Gasteiger partial charge in [-0.2, -0.15) is 0 Å². The van der Waals surface area contributed by atoms with Gasteiger partial charge in [-0.05, 0) is 43.3 Å². The first-order valence-electron chi connectivity index (χ1n) is 7.89. The van der Waals surface area contributed by atoms with Crippen LogP contribution in [0.1, 0.15) is 6.92 Å². The first-order valence-corrected chi connectivity index (χ1v) is 9.15. The molecule has 0 aliphatic heterocycles. The standard InChI is InChI=1S/C18H17ClN4O2S/c1-3-10-23-16(15-5-4-11-25-15)21-22-18(23)26-12(2)17(24)20-14-8-6-13(19)7-9-14/h3-9,11-12H,1,10H2,2H3,(H,20,24). The van der Waals surface area contributed by atoms with Gasteiger partial charge >= 0.3 is 0 Å². The number of allylic oxidation sites excluding steroid dienone is 1. The average molecular weight is 389 g/mol. The fraction of sp³-hybridized carbons (Fsp3) is 0.167. The van der Waals surface area contributed by atoms with E-state index in [4.69, 9.17) is 16.0 Å². The SMILES string of the molecule is C=CCn1c(SC(C)C(=O)Nc2ccc(Cl)cc2)nnc1-c1ccco1. The Labute approximate surface area is 160 Å². The number of nitrogens with zero attached hydrogens (tertiary/aromatic N) is 3. The summed E-state index contributed by atoms with van der Waals surface area (Å²) in [4.78, 5) is 12.4. The van der Waals surface area contributed by atoms with Crippen molar-refractivity contribution in [3.05, 3.63) is 60.3 Å². The van der Waals surface area contributed by atoms with Gasteiger partial charge in [-0.3, -0.25) is 9.36 Å². The number of hydrogen-bond donors (Lipinski definition) is 1. The summed E-state index contributed by atoms with van der Waals surface area (Å²) in [6, 6.07) is 10.6. The van der Waals surface area contributed by atoms with E-state index in [-0.39, 0.29) is 11.2 Å². The molecule has 1 unspecified atom stereocenters. The van der Waals surface area contributed by atoms with Crippen LogP contribution in [-0.4, -0.2) is 25.9 Å². The van der Waals surface area contributed by atoms with E-state index < -0.39 is 0 Å². The van der Waals surface area contributed by atoms with Gasteiger partial charge in [0.15, 0.2) is 10.9 Å². The molecule has 0 aliphatic carbocycles. The fourth-order valence-electron chi connectivity index (χ4n) is 2.25. The number of halogens is 1. The summed E-state index contributed by atoms with van der Waals surface area (Å²) in [7, 11) is 0.